The number of carbonyl (C=O) groups is 1. The first-order valence-corrected chi connectivity index (χ1v) is 5.10. The van der Waals surface area contributed by atoms with Gasteiger partial charge in [0.15, 0.2) is 0 Å². The molecule has 0 rings (SSSR count). The molecule has 0 aromatic rings. The predicted octanol–water partition coefficient (Wildman–Crippen LogP) is 1.39. The standard InChI is InChI=1S/C10H21NO3/c1-3-7-14-8-5-4-6-10(2,11)9(12)13/h3-8,11H2,1-2H3,(H,12,13). The van der Waals surface area contributed by atoms with E-state index in [2.05, 4.69) is 6.92 Å². The molecule has 4 heteroatoms. The van der Waals surface area contributed by atoms with E-state index < -0.39 is 11.5 Å². The second-order valence-corrected chi connectivity index (χ2v) is 3.79. The van der Waals surface area contributed by atoms with E-state index in [-0.39, 0.29) is 0 Å². The first-order chi connectivity index (χ1) is 6.50. The second-order valence-electron chi connectivity index (χ2n) is 3.79. The lowest BCUT2D eigenvalue weighted by Gasteiger charge is -2.18. The van der Waals surface area contributed by atoms with Gasteiger partial charge in [0, 0.05) is 13.2 Å². The normalized spacial score (nSPS) is 15.1. The highest BCUT2D eigenvalue weighted by Crippen LogP contribution is 2.10. The molecule has 4 nitrogen and oxygen atoms in total. The topological polar surface area (TPSA) is 72.5 Å². The molecule has 0 fully saturated rings. The lowest BCUT2D eigenvalue weighted by atomic mass is 9.97. The zero-order valence-corrected chi connectivity index (χ0v) is 9.08. The van der Waals surface area contributed by atoms with Crippen LogP contribution >= 0.6 is 0 Å². The van der Waals surface area contributed by atoms with Gasteiger partial charge in [-0.05, 0) is 32.6 Å². The summed E-state index contributed by atoms with van der Waals surface area (Å²) < 4.78 is 5.27. The summed E-state index contributed by atoms with van der Waals surface area (Å²) in [4.78, 5) is 10.6. The SMILES string of the molecule is CCCOCCCCC(C)(N)C(=O)O. The van der Waals surface area contributed by atoms with E-state index in [1.165, 1.54) is 0 Å². The largest absolute Gasteiger partial charge is 0.480 e. The summed E-state index contributed by atoms with van der Waals surface area (Å²) in [5.41, 5.74) is 4.47. The summed E-state index contributed by atoms with van der Waals surface area (Å²) in [5.74, 6) is -0.938. The number of hydrogen-bond donors (Lipinski definition) is 2. The molecular formula is C10H21NO3. The Morgan fingerprint density at radius 3 is 2.57 bits per heavy atom. The van der Waals surface area contributed by atoms with Crippen molar-refractivity contribution in [1.29, 1.82) is 0 Å². The molecule has 0 aromatic heterocycles. The monoisotopic (exact) mass is 203 g/mol. The Balaban J connectivity index is 3.40. The van der Waals surface area contributed by atoms with Gasteiger partial charge in [-0.3, -0.25) is 4.79 Å². The molecular weight excluding hydrogens is 182 g/mol. The fourth-order valence-electron chi connectivity index (χ4n) is 1.05. The Morgan fingerprint density at radius 2 is 2.07 bits per heavy atom. The van der Waals surface area contributed by atoms with Crippen LogP contribution in [0.2, 0.25) is 0 Å². The summed E-state index contributed by atoms with van der Waals surface area (Å²) >= 11 is 0. The van der Waals surface area contributed by atoms with Crippen LogP contribution in [0.5, 0.6) is 0 Å². The highest BCUT2D eigenvalue weighted by atomic mass is 16.5. The number of aliphatic carboxylic acids is 1. The lowest BCUT2D eigenvalue weighted by molar-refractivity contribution is -0.142. The maximum atomic E-state index is 10.6. The van der Waals surface area contributed by atoms with E-state index in [1.54, 1.807) is 6.92 Å². The van der Waals surface area contributed by atoms with Crippen molar-refractivity contribution < 1.29 is 14.6 Å². The fraction of sp³-hybridized carbons (Fsp3) is 0.900. The molecule has 0 saturated carbocycles. The smallest absolute Gasteiger partial charge is 0.323 e. The number of carboxylic acid groups (broad SMARTS) is 1. The van der Waals surface area contributed by atoms with Crippen molar-refractivity contribution in [3.8, 4) is 0 Å². The van der Waals surface area contributed by atoms with Gasteiger partial charge in [0.1, 0.15) is 5.54 Å². The number of nitrogens with two attached hydrogens (primary N) is 1. The third-order valence-corrected chi connectivity index (χ3v) is 2.07. The van der Waals surface area contributed by atoms with Crippen molar-refractivity contribution in [2.45, 2.75) is 45.1 Å². The molecule has 14 heavy (non-hydrogen) atoms. The maximum absolute atomic E-state index is 10.6. The fourth-order valence-corrected chi connectivity index (χ4v) is 1.05. The van der Waals surface area contributed by atoms with Crippen LogP contribution in [0.1, 0.15) is 39.5 Å². The first-order valence-electron chi connectivity index (χ1n) is 5.10. The van der Waals surface area contributed by atoms with Gasteiger partial charge in [-0.25, -0.2) is 0 Å². The zero-order valence-electron chi connectivity index (χ0n) is 9.08. The van der Waals surface area contributed by atoms with Gasteiger partial charge in [-0.2, -0.15) is 0 Å². The van der Waals surface area contributed by atoms with Crippen LogP contribution in [0.15, 0.2) is 0 Å². The molecule has 3 N–H and O–H groups in total. The van der Waals surface area contributed by atoms with Crippen LogP contribution < -0.4 is 5.73 Å². The Labute approximate surface area is 85.4 Å². The third kappa shape index (κ3) is 5.94. The molecule has 0 spiro atoms. The minimum atomic E-state index is -1.09. The van der Waals surface area contributed by atoms with E-state index in [4.69, 9.17) is 15.6 Å². The number of rotatable bonds is 8. The average molecular weight is 203 g/mol. The van der Waals surface area contributed by atoms with Crippen LogP contribution in [-0.4, -0.2) is 29.8 Å². The quantitative estimate of drug-likeness (QED) is 0.585. The van der Waals surface area contributed by atoms with Gasteiger partial charge in [0.25, 0.3) is 0 Å². The van der Waals surface area contributed by atoms with Gasteiger partial charge in [-0.15, -0.1) is 0 Å². The summed E-state index contributed by atoms with van der Waals surface area (Å²) in [6.07, 6.45) is 3.19. The molecule has 0 saturated heterocycles. The van der Waals surface area contributed by atoms with E-state index >= 15 is 0 Å². The first kappa shape index (κ1) is 13.4. The van der Waals surface area contributed by atoms with Crippen molar-refractivity contribution in [2.24, 2.45) is 5.73 Å². The number of unbranched alkanes of at least 4 members (excludes halogenated alkanes) is 1. The molecule has 0 amide bonds. The van der Waals surface area contributed by atoms with Gasteiger partial charge in [-0.1, -0.05) is 6.92 Å². The van der Waals surface area contributed by atoms with Crippen LogP contribution in [0, 0.1) is 0 Å². The zero-order chi connectivity index (χ0) is 11.0. The third-order valence-electron chi connectivity index (χ3n) is 2.07. The summed E-state index contributed by atoms with van der Waals surface area (Å²) in [7, 11) is 0. The van der Waals surface area contributed by atoms with Crippen LogP contribution in [-0.2, 0) is 9.53 Å². The second kappa shape index (κ2) is 6.79. The van der Waals surface area contributed by atoms with Crippen molar-refractivity contribution in [1.82, 2.24) is 0 Å². The molecule has 1 unspecified atom stereocenters. The Bertz CT molecular complexity index is 169. The van der Waals surface area contributed by atoms with E-state index in [1.807, 2.05) is 0 Å². The van der Waals surface area contributed by atoms with Crippen molar-refractivity contribution in [3.05, 3.63) is 0 Å². The number of hydrogen-bond acceptors (Lipinski definition) is 3. The van der Waals surface area contributed by atoms with Gasteiger partial charge >= 0.3 is 5.97 Å². The van der Waals surface area contributed by atoms with Gasteiger partial charge in [0.2, 0.25) is 0 Å². The van der Waals surface area contributed by atoms with Crippen LogP contribution in [0.4, 0.5) is 0 Å². The minimum absolute atomic E-state index is 0.498. The molecule has 0 aromatic carbocycles. The van der Waals surface area contributed by atoms with Crippen molar-refractivity contribution >= 4 is 5.97 Å². The van der Waals surface area contributed by atoms with E-state index in [0.717, 1.165) is 25.9 Å². The maximum Gasteiger partial charge on any atom is 0.323 e. The van der Waals surface area contributed by atoms with Crippen LogP contribution in [0.25, 0.3) is 0 Å². The molecule has 0 aliphatic heterocycles. The Kier molecular flexibility index (Phi) is 6.49. The molecule has 0 radical (unpaired) electrons. The highest BCUT2D eigenvalue weighted by Gasteiger charge is 2.26. The van der Waals surface area contributed by atoms with E-state index in [0.29, 0.717) is 13.0 Å². The van der Waals surface area contributed by atoms with Gasteiger partial charge < -0.3 is 15.6 Å². The summed E-state index contributed by atoms with van der Waals surface area (Å²) in [5, 5.41) is 8.73. The van der Waals surface area contributed by atoms with E-state index in [9.17, 15) is 4.79 Å². The lowest BCUT2D eigenvalue weighted by Crippen LogP contribution is -2.44. The molecule has 0 heterocycles. The average Bonchev–Trinajstić information content (AvgIpc) is 2.10. The molecule has 0 aliphatic rings. The Morgan fingerprint density at radius 1 is 1.43 bits per heavy atom. The Hall–Kier alpha value is -0.610. The molecule has 0 bridgehead atoms. The highest BCUT2D eigenvalue weighted by molar-refractivity contribution is 5.77. The van der Waals surface area contributed by atoms with Crippen molar-refractivity contribution in [3.63, 3.8) is 0 Å². The van der Waals surface area contributed by atoms with Crippen molar-refractivity contribution in [2.75, 3.05) is 13.2 Å². The summed E-state index contributed by atoms with van der Waals surface area (Å²) in [6.45, 7) is 5.08. The molecule has 1 atom stereocenters. The predicted molar refractivity (Wildman–Crippen MR) is 55.2 cm³/mol. The van der Waals surface area contributed by atoms with Crippen LogP contribution in [0.3, 0.4) is 0 Å². The molecule has 0 aliphatic carbocycles. The van der Waals surface area contributed by atoms with Gasteiger partial charge in [0.05, 0.1) is 0 Å². The summed E-state index contributed by atoms with van der Waals surface area (Å²) in [6, 6.07) is 0. The minimum Gasteiger partial charge on any atom is -0.480 e. The molecule has 84 valence electrons. The number of ether oxygens (including phenoxy) is 1. The number of carboxylic acids is 1.